The van der Waals surface area contributed by atoms with Gasteiger partial charge in [-0.25, -0.2) is 9.37 Å². The van der Waals surface area contributed by atoms with Crippen LogP contribution in [0.5, 0.6) is 0 Å². The van der Waals surface area contributed by atoms with E-state index in [2.05, 4.69) is 15.3 Å². The number of carbonyl (C=O) groups excluding carboxylic acids is 2. The van der Waals surface area contributed by atoms with Crippen molar-refractivity contribution in [1.82, 2.24) is 20.2 Å². The van der Waals surface area contributed by atoms with E-state index in [0.29, 0.717) is 42.0 Å². The number of nitrogens with one attached hydrogen (secondary N) is 2. The van der Waals surface area contributed by atoms with E-state index in [4.69, 9.17) is 11.6 Å². The third kappa shape index (κ3) is 4.92. The van der Waals surface area contributed by atoms with Crippen molar-refractivity contribution in [3.05, 3.63) is 64.7 Å². The third-order valence-electron chi connectivity index (χ3n) is 5.82. The fraction of sp³-hybridized carbons (Fsp3) is 0.348. The van der Waals surface area contributed by atoms with Gasteiger partial charge in [0.25, 0.3) is 5.91 Å². The zero-order valence-corrected chi connectivity index (χ0v) is 18.3. The lowest BCUT2D eigenvalue weighted by molar-refractivity contribution is -0.137. The SMILES string of the molecule is CC1(O)CCN(C(=O)[C@H](Cc2ccccc2Cl)NC(=O)c2cc3cc(F)cnc3[nH]2)CC1. The maximum atomic E-state index is 13.4. The van der Waals surface area contributed by atoms with Gasteiger partial charge in [-0.3, -0.25) is 9.59 Å². The summed E-state index contributed by atoms with van der Waals surface area (Å²) in [4.78, 5) is 34.7. The number of amides is 2. The molecule has 0 bridgehead atoms. The molecule has 0 spiro atoms. The van der Waals surface area contributed by atoms with Crippen LogP contribution in [-0.4, -0.2) is 56.5 Å². The normalized spacial score (nSPS) is 16.7. The lowest BCUT2D eigenvalue weighted by Crippen LogP contribution is -2.53. The van der Waals surface area contributed by atoms with Crippen molar-refractivity contribution < 1.29 is 19.1 Å². The smallest absolute Gasteiger partial charge is 0.268 e. The average Bonchev–Trinajstić information content (AvgIpc) is 3.17. The van der Waals surface area contributed by atoms with E-state index in [-0.39, 0.29) is 18.0 Å². The number of fused-ring (bicyclic) bond motifs is 1. The molecule has 2 aromatic heterocycles. The maximum absolute atomic E-state index is 13.4. The van der Waals surface area contributed by atoms with Gasteiger partial charge in [-0.15, -0.1) is 0 Å². The van der Waals surface area contributed by atoms with E-state index in [9.17, 15) is 19.1 Å². The molecular weight excluding hydrogens is 435 g/mol. The molecule has 3 N–H and O–H groups in total. The number of aromatic amines is 1. The second kappa shape index (κ2) is 8.88. The van der Waals surface area contributed by atoms with Crippen LogP contribution in [-0.2, 0) is 11.2 Å². The number of H-pyrrole nitrogens is 1. The highest BCUT2D eigenvalue weighted by atomic mass is 35.5. The predicted molar refractivity (Wildman–Crippen MR) is 119 cm³/mol. The first-order chi connectivity index (χ1) is 15.2. The highest BCUT2D eigenvalue weighted by Gasteiger charge is 2.33. The number of hydrogen-bond acceptors (Lipinski definition) is 4. The van der Waals surface area contributed by atoms with Gasteiger partial charge in [0.15, 0.2) is 0 Å². The molecular formula is C23H24ClFN4O3. The van der Waals surface area contributed by atoms with E-state index in [1.54, 1.807) is 24.0 Å². The Bertz CT molecular complexity index is 1150. The van der Waals surface area contributed by atoms with Gasteiger partial charge < -0.3 is 20.3 Å². The van der Waals surface area contributed by atoms with E-state index in [1.165, 1.54) is 12.1 Å². The topological polar surface area (TPSA) is 98.3 Å². The fourth-order valence-electron chi connectivity index (χ4n) is 3.86. The van der Waals surface area contributed by atoms with Gasteiger partial charge >= 0.3 is 0 Å². The molecule has 3 aromatic rings. The number of aromatic nitrogens is 2. The summed E-state index contributed by atoms with van der Waals surface area (Å²) in [6, 6.07) is 9.08. The maximum Gasteiger partial charge on any atom is 0.268 e. The van der Waals surface area contributed by atoms with E-state index < -0.39 is 23.4 Å². The summed E-state index contributed by atoms with van der Waals surface area (Å²) in [6.45, 7) is 2.55. The Morgan fingerprint density at radius 2 is 2.03 bits per heavy atom. The van der Waals surface area contributed by atoms with Crippen molar-refractivity contribution >= 4 is 34.4 Å². The van der Waals surface area contributed by atoms with Crippen molar-refractivity contribution in [2.45, 2.75) is 37.8 Å². The van der Waals surface area contributed by atoms with Crippen LogP contribution < -0.4 is 5.32 Å². The Morgan fingerprint density at radius 3 is 2.75 bits per heavy atom. The van der Waals surface area contributed by atoms with Crippen LogP contribution in [0, 0.1) is 5.82 Å². The van der Waals surface area contributed by atoms with Crippen LogP contribution in [0.15, 0.2) is 42.6 Å². The number of likely N-dealkylation sites (tertiary alicyclic amines) is 1. The summed E-state index contributed by atoms with van der Waals surface area (Å²) in [5.41, 5.74) is 0.489. The van der Waals surface area contributed by atoms with Crippen LogP contribution >= 0.6 is 11.6 Å². The monoisotopic (exact) mass is 458 g/mol. The molecule has 168 valence electrons. The first-order valence-corrected chi connectivity index (χ1v) is 10.8. The lowest BCUT2D eigenvalue weighted by atomic mass is 9.93. The van der Waals surface area contributed by atoms with Crippen molar-refractivity contribution in [2.24, 2.45) is 0 Å². The number of carbonyl (C=O) groups is 2. The molecule has 3 heterocycles. The van der Waals surface area contributed by atoms with Crippen molar-refractivity contribution in [1.29, 1.82) is 0 Å². The summed E-state index contributed by atoms with van der Waals surface area (Å²) < 4.78 is 13.4. The standard InChI is InChI=1S/C23H24ClFN4O3/c1-23(32)6-8-29(9-7-23)22(31)19(11-14-4-2-3-5-17(14)24)28-21(30)18-12-15-10-16(25)13-26-20(15)27-18/h2-5,10,12-13,19,32H,6-9,11H2,1H3,(H,26,27)(H,28,30)/t19-/m0/s1. The molecule has 1 atom stereocenters. The summed E-state index contributed by atoms with van der Waals surface area (Å²) in [5.74, 6) is -1.25. The van der Waals surface area contributed by atoms with Gasteiger partial charge in [0.2, 0.25) is 5.91 Å². The zero-order chi connectivity index (χ0) is 22.9. The minimum atomic E-state index is -0.860. The molecule has 1 fully saturated rings. The van der Waals surface area contributed by atoms with Crippen LogP contribution in [0.25, 0.3) is 11.0 Å². The number of nitrogens with zero attached hydrogens (tertiary/aromatic N) is 2. The summed E-state index contributed by atoms with van der Waals surface area (Å²) in [7, 11) is 0. The van der Waals surface area contributed by atoms with Gasteiger partial charge in [0.05, 0.1) is 11.8 Å². The molecule has 0 radical (unpaired) electrons. The molecule has 1 aliphatic heterocycles. The number of hydrogen-bond donors (Lipinski definition) is 3. The van der Waals surface area contributed by atoms with Crippen LogP contribution in [0.3, 0.4) is 0 Å². The number of piperidine rings is 1. The van der Waals surface area contributed by atoms with Crippen molar-refractivity contribution in [3.8, 4) is 0 Å². The quantitative estimate of drug-likeness (QED) is 0.547. The predicted octanol–water partition coefficient (Wildman–Crippen LogP) is 3.07. The number of pyridine rings is 1. The lowest BCUT2D eigenvalue weighted by Gasteiger charge is -2.37. The fourth-order valence-corrected chi connectivity index (χ4v) is 4.07. The van der Waals surface area contributed by atoms with Gasteiger partial charge in [0, 0.05) is 29.9 Å². The molecule has 2 amide bonds. The second-order valence-electron chi connectivity index (χ2n) is 8.42. The van der Waals surface area contributed by atoms with Crippen molar-refractivity contribution in [3.63, 3.8) is 0 Å². The minimum Gasteiger partial charge on any atom is -0.390 e. The zero-order valence-electron chi connectivity index (χ0n) is 17.6. The Labute approximate surface area is 189 Å². The molecule has 9 heteroatoms. The Kier molecular flexibility index (Phi) is 6.17. The van der Waals surface area contributed by atoms with Crippen LogP contribution in [0.4, 0.5) is 4.39 Å². The minimum absolute atomic E-state index is 0.177. The number of aliphatic hydroxyl groups is 1. The van der Waals surface area contributed by atoms with Gasteiger partial charge in [-0.2, -0.15) is 0 Å². The van der Waals surface area contributed by atoms with E-state index >= 15 is 0 Å². The first-order valence-electron chi connectivity index (χ1n) is 10.4. The van der Waals surface area contributed by atoms with E-state index in [0.717, 1.165) is 11.8 Å². The second-order valence-corrected chi connectivity index (χ2v) is 8.83. The van der Waals surface area contributed by atoms with Crippen molar-refractivity contribution in [2.75, 3.05) is 13.1 Å². The van der Waals surface area contributed by atoms with Gasteiger partial charge in [0.1, 0.15) is 23.2 Å². The van der Waals surface area contributed by atoms with E-state index in [1.807, 2.05) is 12.1 Å². The molecule has 32 heavy (non-hydrogen) atoms. The molecule has 1 aromatic carbocycles. The summed E-state index contributed by atoms with van der Waals surface area (Å²) in [6.07, 6.45) is 2.20. The Hall–Kier alpha value is -2.97. The first kappa shape index (κ1) is 22.2. The largest absolute Gasteiger partial charge is 0.390 e. The Morgan fingerprint density at radius 1 is 1.31 bits per heavy atom. The number of halogens is 2. The highest BCUT2D eigenvalue weighted by Crippen LogP contribution is 2.23. The molecule has 1 aliphatic rings. The molecule has 1 saturated heterocycles. The average molecular weight is 459 g/mol. The summed E-state index contributed by atoms with van der Waals surface area (Å²) >= 11 is 6.30. The van der Waals surface area contributed by atoms with Gasteiger partial charge in [-0.1, -0.05) is 29.8 Å². The van der Waals surface area contributed by atoms with Gasteiger partial charge in [-0.05, 0) is 43.5 Å². The molecule has 0 aliphatic carbocycles. The molecule has 0 saturated carbocycles. The number of benzene rings is 1. The molecule has 7 nitrogen and oxygen atoms in total. The Balaban J connectivity index is 1.57. The van der Waals surface area contributed by atoms with Crippen LogP contribution in [0.1, 0.15) is 35.8 Å². The summed E-state index contributed by atoms with van der Waals surface area (Å²) in [5, 5.41) is 14.0. The highest BCUT2D eigenvalue weighted by molar-refractivity contribution is 6.31. The third-order valence-corrected chi connectivity index (χ3v) is 6.19. The van der Waals surface area contributed by atoms with Crippen LogP contribution in [0.2, 0.25) is 5.02 Å². The molecule has 0 unspecified atom stereocenters. The number of rotatable bonds is 5. The molecule has 4 rings (SSSR count).